The fourth-order valence-electron chi connectivity index (χ4n) is 1.15. The lowest BCUT2D eigenvalue weighted by Crippen LogP contribution is -2.11. The second-order valence-corrected chi connectivity index (χ2v) is 3.57. The lowest BCUT2D eigenvalue weighted by molar-refractivity contribution is -0.115. The van der Waals surface area contributed by atoms with Crippen LogP contribution in [0.1, 0.15) is 6.42 Å². The van der Waals surface area contributed by atoms with Crippen LogP contribution < -0.4 is 10.1 Å². The maximum atomic E-state index is 11.3. The van der Waals surface area contributed by atoms with Crippen LogP contribution in [0.3, 0.4) is 0 Å². The molecule has 0 aliphatic carbocycles. The first-order valence-electron chi connectivity index (χ1n) is 5.00. The summed E-state index contributed by atoms with van der Waals surface area (Å²) < 4.78 is 5.22. The van der Waals surface area contributed by atoms with Crippen LogP contribution in [0, 0.1) is 0 Å². The van der Waals surface area contributed by atoms with Crippen molar-refractivity contribution in [1.29, 1.82) is 0 Å². The number of amides is 1. The van der Waals surface area contributed by atoms with E-state index in [4.69, 9.17) is 9.84 Å². The number of nitrogens with one attached hydrogen (secondary N) is 1. The molecule has 0 fully saturated rings. The number of rotatable bonds is 6. The Labute approximate surface area is 100 Å². The van der Waals surface area contributed by atoms with E-state index in [1.165, 1.54) is 0 Å². The van der Waals surface area contributed by atoms with E-state index in [0.717, 1.165) is 0 Å². The van der Waals surface area contributed by atoms with Crippen molar-refractivity contribution in [2.45, 2.75) is 6.42 Å². The average molecular weight is 241 g/mol. The van der Waals surface area contributed by atoms with Gasteiger partial charge >= 0.3 is 0 Å². The van der Waals surface area contributed by atoms with E-state index in [1.807, 2.05) is 0 Å². The molecule has 1 aromatic carbocycles. The number of hydrogen-bond acceptors (Lipinski definition) is 4. The molecule has 0 radical (unpaired) electrons. The number of aliphatic hydroxyl groups excluding tert-OH is 1. The highest BCUT2D eigenvalue weighted by atomic mass is 32.1. The first-order chi connectivity index (χ1) is 7.76. The Bertz CT molecular complexity index is 344. The van der Waals surface area contributed by atoms with Crippen molar-refractivity contribution in [2.24, 2.45) is 0 Å². The van der Waals surface area contributed by atoms with Gasteiger partial charge in [0.2, 0.25) is 5.91 Å². The highest BCUT2D eigenvalue weighted by Crippen LogP contribution is 2.17. The Balaban J connectivity index is 2.56. The van der Waals surface area contributed by atoms with Gasteiger partial charge in [-0.3, -0.25) is 4.79 Å². The van der Waals surface area contributed by atoms with Gasteiger partial charge in [0, 0.05) is 18.2 Å². The fraction of sp³-hybridized carbons (Fsp3) is 0.364. The molecule has 1 rings (SSSR count). The lowest BCUT2D eigenvalue weighted by Gasteiger charge is -2.07. The van der Waals surface area contributed by atoms with Gasteiger partial charge in [0.1, 0.15) is 12.4 Å². The summed E-state index contributed by atoms with van der Waals surface area (Å²) in [6.07, 6.45) is 0.380. The van der Waals surface area contributed by atoms with Crippen LogP contribution in [0.5, 0.6) is 5.75 Å². The number of carbonyl (C=O) groups excluding carboxylic acids is 1. The van der Waals surface area contributed by atoms with Crippen molar-refractivity contribution in [3.63, 3.8) is 0 Å². The number of thiol groups is 1. The van der Waals surface area contributed by atoms with Crippen LogP contribution in [-0.2, 0) is 4.79 Å². The third-order valence-corrected chi connectivity index (χ3v) is 2.04. The van der Waals surface area contributed by atoms with Crippen molar-refractivity contribution < 1.29 is 14.6 Å². The van der Waals surface area contributed by atoms with E-state index >= 15 is 0 Å². The van der Waals surface area contributed by atoms with Crippen molar-refractivity contribution in [2.75, 3.05) is 24.3 Å². The molecule has 0 aromatic heterocycles. The van der Waals surface area contributed by atoms with E-state index in [9.17, 15) is 4.79 Å². The number of benzene rings is 1. The molecule has 1 amide bonds. The number of carbonyl (C=O) groups is 1. The number of aliphatic hydroxyl groups is 1. The summed E-state index contributed by atoms with van der Waals surface area (Å²) in [5, 5.41) is 11.3. The summed E-state index contributed by atoms with van der Waals surface area (Å²) >= 11 is 3.98. The number of ether oxygens (including phenoxy) is 1. The zero-order valence-corrected chi connectivity index (χ0v) is 9.74. The van der Waals surface area contributed by atoms with Crippen molar-refractivity contribution in [3.8, 4) is 5.75 Å². The molecule has 0 unspecified atom stereocenters. The predicted octanol–water partition coefficient (Wildman–Crippen LogP) is 1.32. The Morgan fingerprint density at radius 3 is 3.00 bits per heavy atom. The second kappa shape index (κ2) is 7.14. The van der Waals surface area contributed by atoms with Gasteiger partial charge < -0.3 is 15.2 Å². The molecule has 0 saturated heterocycles. The van der Waals surface area contributed by atoms with Gasteiger partial charge in [-0.15, -0.1) is 0 Å². The van der Waals surface area contributed by atoms with E-state index in [-0.39, 0.29) is 19.1 Å². The van der Waals surface area contributed by atoms with Crippen molar-refractivity contribution >= 4 is 24.2 Å². The molecular formula is C11H15NO3S. The molecule has 0 aliphatic heterocycles. The van der Waals surface area contributed by atoms with Crippen molar-refractivity contribution in [1.82, 2.24) is 0 Å². The molecule has 5 heteroatoms. The summed E-state index contributed by atoms with van der Waals surface area (Å²) in [5.41, 5.74) is 0.683. The third-order valence-electron chi connectivity index (χ3n) is 1.82. The molecule has 16 heavy (non-hydrogen) atoms. The maximum absolute atomic E-state index is 11.3. The van der Waals surface area contributed by atoms with Gasteiger partial charge in [-0.2, -0.15) is 12.6 Å². The van der Waals surface area contributed by atoms with Crippen LogP contribution in [0.4, 0.5) is 5.69 Å². The van der Waals surface area contributed by atoms with E-state index in [2.05, 4.69) is 17.9 Å². The molecule has 2 N–H and O–H groups in total. The lowest BCUT2D eigenvalue weighted by atomic mass is 10.3. The van der Waals surface area contributed by atoms with E-state index in [0.29, 0.717) is 23.6 Å². The average Bonchev–Trinajstić information content (AvgIpc) is 2.27. The number of anilines is 1. The molecule has 1 aromatic rings. The quantitative estimate of drug-likeness (QED) is 0.658. The second-order valence-electron chi connectivity index (χ2n) is 3.12. The standard InChI is InChI=1S/C11H15NO3S/c13-5-6-15-10-3-1-2-9(8-10)12-11(14)4-7-16/h1-3,8,13,16H,4-7H2,(H,12,14). The van der Waals surface area contributed by atoms with Crippen LogP contribution in [0.2, 0.25) is 0 Å². The van der Waals surface area contributed by atoms with Crippen LogP contribution in [0.25, 0.3) is 0 Å². The highest BCUT2D eigenvalue weighted by molar-refractivity contribution is 7.80. The minimum absolute atomic E-state index is 0.0315. The molecule has 0 bridgehead atoms. The SMILES string of the molecule is O=C(CCS)Nc1cccc(OCCO)c1. The molecule has 0 aliphatic rings. The summed E-state index contributed by atoms with van der Waals surface area (Å²) in [6, 6.07) is 7.04. The molecule has 0 atom stereocenters. The van der Waals surface area contributed by atoms with Crippen LogP contribution in [-0.4, -0.2) is 30.0 Å². The Morgan fingerprint density at radius 1 is 1.50 bits per heavy atom. The van der Waals surface area contributed by atoms with E-state index in [1.54, 1.807) is 24.3 Å². The molecule has 0 heterocycles. The Kier molecular flexibility index (Phi) is 5.74. The van der Waals surface area contributed by atoms with Crippen LogP contribution in [0.15, 0.2) is 24.3 Å². The van der Waals surface area contributed by atoms with Gasteiger partial charge in [0.05, 0.1) is 6.61 Å². The summed E-state index contributed by atoms with van der Waals surface area (Å²) in [7, 11) is 0. The zero-order chi connectivity index (χ0) is 11.8. The molecule has 4 nitrogen and oxygen atoms in total. The smallest absolute Gasteiger partial charge is 0.225 e. The summed E-state index contributed by atoms with van der Waals surface area (Å²) in [4.78, 5) is 11.3. The molecule has 0 spiro atoms. The monoisotopic (exact) mass is 241 g/mol. The molecule has 88 valence electrons. The van der Waals surface area contributed by atoms with Gasteiger partial charge in [-0.05, 0) is 17.9 Å². The number of hydrogen-bond donors (Lipinski definition) is 3. The first-order valence-corrected chi connectivity index (χ1v) is 5.64. The molecule has 0 saturated carbocycles. The van der Waals surface area contributed by atoms with Crippen LogP contribution >= 0.6 is 12.6 Å². The fourth-order valence-corrected chi connectivity index (χ4v) is 1.36. The molecular weight excluding hydrogens is 226 g/mol. The Morgan fingerprint density at radius 2 is 2.31 bits per heavy atom. The highest BCUT2D eigenvalue weighted by Gasteiger charge is 2.01. The Hall–Kier alpha value is -1.20. The van der Waals surface area contributed by atoms with Gasteiger partial charge in [0.15, 0.2) is 0 Å². The normalized spacial score (nSPS) is 9.88. The topological polar surface area (TPSA) is 58.6 Å². The van der Waals surface area contributed by atoms with Gasteiger partial charge in [-0.25, -0.2) is 0 Å². The maximum Gasteiger partial charge on any atom is 0.225 e. The van der Waals surface area contributed by atoms with E-state index < -0.39 is 0 Å². The zero-order valence-electron chi connectivity index (χ0n) is 8.85. The third kappa shape index (κ3) is 4.55. The summed E-state index contributed by atoms with van der Waals surface area (Å²) in [5.74, 6) is 1.07. The predicted molar refractivity (Wildman–Crippen MR) is 66.1 cm³/mol. The van der Waals surface area contributed by atoms with Gasteiger partial charge in [-0.1, -0.05) is 6.07 Å². The largest absolute Gasteiger partial charge is 0.491 e. The van der Waals surface area contributed by atoms with Gasteiger partial charge in [0.25, 0.3) is 0 Å². The first kappa shape index (κ1) is 12.9. The minimum atomic E-state index is -0.0747. The van der Waals surface area contributed by atoms with Crippen molar-refractivity contribution in [3.05, 3.63) is 24.3 Å². The summed E-state index contributed by atoms with van der Waals surface area (Å²) in [6.45, 7) is 0.213. The minimum Gasteiger partial charge on any atom is -0.491 e.